The number of hydrogen-bond acceptors (Lipinski definition) is 7. The molecule has 0 saturated carbocycles. The van der Waals surface area contributed by atoms with Crippen molar-refractivity contribution in [2.75, 3.05) is 0 Å². The number of aliphatic hydroxyl groups is 2. The maximum Gasteiger partial charge on any atom is 0.322 e. The molecule has 3 N–H and O–H groups in total. The molecule has 33 heavy (non-hydrogen) atoms. The van der Waals surface area contributed by atoms with Gasteiger partial charge in [-0.3, -0.25) is 19.2 Å². The highest BCUT2D eigenvalue weighted by atomic mass is 16.5. The first-order valence-corrected chi connectivity index (χ1v) is 11.0. The molecule has 6 atom stereocenters. The van der Waals surface area contributed by atoms with Gasteiger partial charge in [0.15, 0.2) is 5.78 Å². The Kier molecular flexibility index (Phi) is 8.69. The summed E-state index contributed by atoms with van der Waals surface area (Å²) in [5.41, 5.74) is -0.371. The van der Waals surface area contributed by atoms with E-state index in [0.717, 1.165) is 12.5 Å². The molecule has 2 heterocycles. The molecular weight excluding hydrogens is 426 g/mol. The van der Waals surface area contributed by atoms with Gasteiger partial charge in [0.05, 0.1) is 24.2 Å². The van der Waals surface area contributed by atoms with Crippen molar-refractivity contribution in [1.82, 2.24) is 5.32 Å². The minimum Gasteiger partial charge on any atom is -0.461 e. The molecular formula is C25H33NO7. The highest BCUT2D eigenvalue weighted by molar-refractivity contribution is 6.35. The van der Waals surface area contributed by atoms with E-state index in [1.54, 1.807) is 38.2 Å². The van der Waals surface area contributed by atoms with Crippen molar-refractivity contribution < 1.29 is 34.1 Å². The van der Waals surface area contributed by atoms with Gasteiger partial charge in [0, 0.05) is 13.3 Å². The highest BCUT2D eigenvalue weighted by Gasteiger charge is 2.56. The summed E-state index contributed by atoms with van der Waals surface area (Å²) in [6.45, 7) is 7.62. The second kappa shape index (κ2) is 10.9. The molecule has 1 fully saturated rings. The third-order valence-electron chi connectivity index (χ3n) is 6.14. The molecule has 0 aromatic carbocycles. The summed E-state index contributed by atoms with van der Waals surface area (Å²) < 4.78 is 5.59. The zero-order chi connectivity index (χ0) is 24.9. The second-order valence-corrected chi connectivity index (χ2v) is 8.99. The monoisotopic (exact) mass is 459 g/mol. The number of carbonyl (C=O) groups excluding carboxylic acids is 4. The van der Waals surface area contributed by atoms with E-state index in [9.17, 15) is 29.4 Å². The average Bonchev–Trinajstić information content (AvgIpc) is 2.75. The first-order valence-electron chi connectivity index (χ1n) is 11.0. The molecule has 0 radical (unpaired) electrons. The SMILES string of the molecule is CC(=O)C(=O)N[C@@H]1/C=C(C)\C=C\[C@H](O)C/C=C(C)\C=C/[C@@H](O)C[C@H]2OC(=O)[C@@]1(C)C(=O)[C@@H]2C. The van der Waals surface area contributed by atoms with Crippen LogP contribution in [0.15, 0.2) is 47.6 Å². The smallest absolute Gasteiger partial charge is 0.322 e. The van der Waals surface area contributed by atoms with Crippen LogP contribution < -0.4 is 5.32 Å². The molecule has 1 amide bonds. The van der Waals surface area contributed by atoms with E-state index in [1.165, 1.54) is 13.0 Å². The number of Topliss-reactive ketones (excluding diaryl/α,β-unsaturated/α-hetero) is 2. The molecule has 3 aliphatic rings. The van der Waals surface area contributed by atoms with Crippen LogP contribution in [-0.2, 0) is 23.9 Å². The molecule has 8 nitrogen and oxygen atoms in total. The van der Waals surface area contributed by atoms with Gasteiger partial charge in [0.1, 0.15) is 11.5 Å². The van der Waals surface area contributed by atoms with Crippen LogP contribution in [0.3, 0.4) is 0 Å². The lowest BCUT2D eigenvalue weighted by molar-refractivity contribution is -0.181. The number of allylic oxidation sites excluding steroid dienone is 4. The van der Waals surface area contributed by atoms with Crippen molar-refractivity contribution in [1.29, 1.82) is 0 Å². The maximum atomic E-state index is 13.4. The van der Waals surface area contributed by atoms with E-state index >= 15 is 0 Å². The Labute approximate surface area is 194 Å². The molecule has 1 saturated heterocycles. The lowest BCUT2D eigenvalue weighted by atomic mass is 9.69. The van der Waals surface area contributed by atoms with E-state index in [-0.39, 0.29) is 6.42 Å². The Hall–Kier alpha value is -2.84. The molecule has 0 aromatic heterocycles. The minimum absolute atomic E-state index is 0.0298. The van der Waals surface area contributed by atoms with E-state index < -0.39 is 59.1 Å². The number of nitrogens with one attached hydrogen (secondary N) is 1. The van der Waals surface area contributed by atoms with Crippen molar-refractivity contribution in [3.63, 3.8) is 0 Å². The summed E-state index contributed by atoms with van der Waals surface area (Å²) in [5.74, 6) is -3.74. The summed E-state index contributed by atoms with van der Waals surface area (Å²) >= 11 is 0. The van der Waals surface area contributed by atoms with Crippen molar-refractivity contribution in [2.24, 2.45) is 11.3 Å². The predicted molar refractivity (Wildman–Crippen MR) is 122 cm³/mol. The van der Waals surface area contributed by atoms with Crippen LogP contribution in [0.5, 0.6) is 0 Å². The molecule has 180 valence electrons. The third-order valence-corrected chi connectivity index (χ3v) is 6.14. The number of aliphatic hydroxyl groups excluding tert-OH is 2. The minimum atomic E-state index is -1.78. The van der Waals surface area contributed by atoms with Gasteiger partial charge >= 0.3 is 5.97 Å². The fraction of sp³-hybridized carbons (Fsp3) is 0.520. The van der Waals surface area contributed by atoms with E-state index in [1.807, 2.05) is 13.0 Å². The van der Waals surface area contributed by atoms with Gasteiger partial charge in [-0.1, -0.05) is 54.5 Å². The third kappa shape index (κ3) is 6.36. The quantitative estimate of drug-likeness (QED) is 0.326. The van der Waals surface area contributed by atoms with Crippen LogP contribution >= 0.6 is 0 Å². The van der Waals surface area contributed by atoms with Crippen LogP contribution in [0.4, 0.5) is 0 Å². The topological polar surface area (TPSA) is 130 Å². The van der Waals surface area contributed by atoms with Gasteiger partial charge in [-0.05, 0) is 27.2 Å². The van der Waals surface area contributed by atoms with Crippen molar-refractivity contribution in [3.05, 3.63) is 47.6 Å². The number of rotatable bonds is 2. The van der Waals surface area contributed by atoms with Crippen molar-refractivity contribution in [2.45, 2.75) is 71.8 Å². The Morgan fingerprint density at radius 3 is 2.33 bits per heavy atom. The number of ether oxygens (including phenoxy) is 1. The van der Waals surface area contributed by atoms with Gasteiger partial charge in [0.25, 0.3) is 5.91 Å². The molecule has 2 aliphatic heterocycles. The van der Waals surface area contributed by atoms with Gasteiger partial charge < -0.3 is 20.3 Å². The van der Waals surface area contributed by atoms with Crippen LogP contribution in [0, 0.1) is 11.3 Å². The summed E-state index contributed by atoms with van der Waals surface area (Å²) in [7, 11) is 0. The molecule has 2 bridgehead atoms. The van der Waals surface area contributed by atoms with E-state index in [0.29, 0.717) is 12.0 Å². The molecule has 0 spiro atoms. The van der Waals surface area contributed by atoms with Crippen molar-refractivity contribution in [3.8, 4) is 0 Å². The van der Waals surface area contributed by atoms with Gasteiger partial charge in [-0.25, -0.2) is 0 Å². The zero-order valence-electron chi connectivity index (χ0n) is 19.7. The first kappa shape index (κ1) is 26.4. The van der Waals surface area contributed by atoms with Gasteiger partial charge in [0.2, 0.25) is 5.78 Å². The van der Waals surface area contributed by atoms with Gasteiger partial charge in [-0.15, -0.1) is 0 Å². The largest absolute Gasteiger partial charge is 0.461 e. The van der Waals surface area contributed by atoms with Crippen molar-refractivity contribution >= 4 is 23.4 Å². The van der Waals surface area contributed by atoms with Crippen LogP contribution in [0.1, 0.15) is 47.5 Å². The molecule has 1 aliphatic carbocycles. The average molecular weight is 460 g/mol. The standard InChI is InChI=1S/C25H33NO7/c1-14-6-9-18(28)10-8-15(2)12-21(26-23(31)17(4)27)25(5)22(30)16(3)20(33-24(25)32)13-19(29)11-7-14/h6-8,10-12,16,18-21,28-29H,9,13H2,1-5H3,(H,26,31)/b10-8+,11-7-,14-6-,15-12-/t16-,18-,19-,20-,21-,25-/m1/s1. The molecule has 0 unspecified atom stereocenters. The second-order valence-electron chi connectivity index (χ2n) is 8.99. The number of amides is 1. The number of ketones is 2. The predicted octanol–water partition coefficient (Wildman–Crippen LogP) is 1.72. The summed E-state index contributed by atoms with van der Waals surface area (Å²) in [5, 5.41) is 23.1. The zero-order valence-corrected chi connectivity index (χ0v) is 19.7. The maximum absolute atomic E-state index is 13.4. The number of carbonyl (C=O) groups is 4. The fourth-order valence-corrected chi connectivity index (χ4v) is 3.85. The summed E-state index contributed by atoms with van der Waals surface area (Å²) in [6, 6.07) is -1.15. The number of hydrogen-bond donors (Lipinski definition) is 3. The first-order chi connectivity index (χ1) is 15.4. The van der Waals surface area contributed by atoms with E-state index in [2.05, 4.69) is 5.32 Å². The number of esters is 1. The van der Waals surface area contributed by atoms with E-state index in [4.69, 9.17) is 4.74 Å². The lowest BCUT2D eigenvalue weighted by Gasteiger charge is -2.42. The Morgan fingerprint density at radius 2 is 1.70 bits per heavy atom. The Morgan fingerprint density at radius 1 is 1.09 bits per heavy atom. The number of fused-ring (bicyclic) bond motifs is 10. The Balaban J connectivity index is 2.57. The van der Waals surface area contributed by atoms with Crippen LogP contribution in [-0.4, -0.2) is 58.0 Å². The van der Waals surface area contributed by atoms with Gasteiger partial charge in [-0.2, -0.15) is 0 Å². The highest BCUT2D eigenvalue weighted by Crippen LogP contribution is 2.38. The molecule has 0 aromatic rings. The normalized spacial score (nSPS) is 38.7. The summed E-state index contributed by atoms with van der Waals surface area (Å²) in [6.07, 6.45) is 7.54. The van der Waals surface area contributed by atoms with Crippen LogP contribution in [0.2, 0.25) is 0 Å². The fourth-order valence-electron chi connectivity index (χ4n) is 3.85. The summed E-state index contributed by atoms with van der Waals surface area (Å²) in [4.78, 5) is 50.3. The molecule has 3 rings (SSSR count). The lowest BCUT2D eigenvalue weighted by Crippen LogP contribution is -2.61. The molecule has 8 heteroatoms. The Bertz CT molecular complexity index is 929. The van der Waals surface area contributed by atoms with Crippen LogP contribution in [0.25, 0.3) is 0 Å².